The number of methoxy groups -OCH3 is 1. The first-order valence-electron chi connectivity index (χ1n) is 5.67. The second-order valence-electron chi connectivity index (χ2n) is 3.83. The zero-order valence-corrected chi connectivity index (χ0v) is 10.3. The first-order valence-corrected chi connectivity index (χ1v) is 5.67. The highest BCUT2D eigenvalue weighted by atomic mass is 19.1. The number of ether oxygens (including phenoxy) is 1. The Balaban J connectivity index is 2.78. The fourth-order valence-corrected chi connectivity index (χ4v) is 1.78. The zero-order chi connectivity index (χ0) is 12.7. The summed E-state index contributed by atoms with van der Waals surface area (Å²) in [6.45, 7) is 0. The Kier molecular flexibility index (Phi) is 5.51. The maximum atomic E-state index is 13.8. The lowest BCUT2D eigenvalue weighted by Crippen LogP contribution is -2.17. The predicted octanol–water partition coefficient (Wildman–Crippen LogP) is 2.90. The Bertz CT molecular complexity index is 398. The van der Waals surface area contributed by atoms with Gasteiger partial charge in [-0.2, -0.15) is 0 Å². The number of halogens is 1. The Hall–Kier alpha value is -1.53. The molecule has 0 radical (unpaired) electrons. The molecule has 1 aromatic rings. The van der Waals surface area contributed by atoms with Crippen LogP contribution >= 0.6 is 0 Å². The molecule has 0 aliphatic carbocycles. The molecule has 1 N–H and O–H groups in total. The molecule has 0 bridgehead atoms. The minimum Gasteiger partial charge on any atom is -0.497 e. The second kappa shape index (κ2) is 6.93. The van der Waals surface area contributed by atoms with E-state index in [-0.39, 0.29) is 11.9 Å². The molecule has 92 valence electrons. The van der Waals surface area contributed by atoms with Gasteiger partial charge in [-0.1, -0.05) is 6.07 Å². The van der Waals surface area contributed by atoms with Crippen LogP contribution in [0.1, 0.15) is 30.9 Å². The third-order valence-electron chi connectivity index (χ3n) is 2.75. The van der Waals surface area contributed by atoms with Crippen LogP contribution in [0.2, 0.25) is 0 Å². The fraction of sp³-hybridized carbons (Fsp3) is 0.429. The summed E-state index contributed by atoms with van der Waals surface area (Å²) in [6, 6.07) is 4.92. The van der Waals surface area contributed by atoms with Gasteiger partial charge in [-0.05, 0) is 26.0 Å². The average molecular weight is 235 g/mol. The summed E-state index contributed by atoms with van der Waals surface area (Å²) in [5, 5.41) is 3.11. The van der Waals surface area contributed by atoms with Crippen molar-refractivity contribution in [2.24, 2.45) is 0 Å². The van der Waals surface area contributed by atoms with Gasteiger partial charge < -0.3 is 10.1 Å². The highest BCUT2D eigenvalue weighted by Gasteiger charge is 2.14. The van der Waals surface area contributed by atoms with Crippen molar-refractivity contribution in [3.05, 3.63) is 29.6 Å². The van der Waals surface area contributed by atoms with E-state index in [0.29, 0.717) is 11.3 Å². The van der Waals surface area contributed by atoms with Gasteiger partial charge >= 0.3 is 0 Å². The molecule has 0 saturated heterocycles. The van der Waals surface area contributed by atoms with Crippen molar-refractivity contribution in [1.29, 1.82) is 0 Å². The van der Waals surface area contributed by atoms with Crippen LogP contribution in [0.4, 0.5) is 4.39 Å². The van der Waals surface area contributed by atoms with Gasteiger partial charge in [-0.25, -0.2) is 4.39 Å². The van der Waals surface area contributed by atoms with Crippen LogP contribution in [0.15, 0.2) is 18.2 Å². The standard InChI is InChI=1S/C14H18FNO/c1-4-5-6-7-14(16-2)12-9-8-11(17-3)10-13(12)15/h1,8-10,14,16H,5-7H2,2-3H3. The summed E-state index contributed by atoms with van der Waals surface area (Å²) in [7, 11) is 3.35. The molecule has 3 heteroatoms. The van der Waals surface area contributed by atoms with E-state index < -0.39 is 0 Å². The number of unbranched alkanes of at least 4 members (excludes halogenated alkanes) is 1. The quantitative estimate of drug-likeness (QED) is 0.604. The van der Waals surface area contributed by atoms with E-state index in [9.17, 15) is 4.39 Å². The summed E-state index contributed by atoms with van der Waals surface area (Å²) >= 11 is 0. The molecular weight excluding hydrogens is 217 g/mol. The third-order valence-corrected chi connectivity index (χ3v) is 2.75. The lowest BCUT2D eigenvalue weighted by atomic mass is 10.0. The molecule has 1 unspecified atom stereocenters. The number of nitrogens with one attached hydrogen (secondary N) is 1. The molecule has 0 aliphatic rings. The van der Waals surface area contributed by atoms with Gasteiger partial charge in [-0.15, -0.1) is 12.3 Å². The number of hydrogen-bond donors (Lipinski definition) is 1. The van der Waals surface area contributed by atoms with Crippen LogP contribution in [0, 0.1) is 18.2 Å². The summed E-state index contributed by atoms with van der Waals surface area (Å²) in [5.74, 6) is 2.88. The molecule has 1 aromatic carbocycles. The molecule has 17 heavy (non-hydrogen) atoms. The normalized spacial score (nSPS) is 11.9. The van der Waals surface area contributed by atoms with Crippen molar-refractivity contribution in [1.82, 2.24) is 5.32 Å². The Labute approximate surface area is 102 Å². The van der Waals surface area contributed by atoms with Crippen molar-refractivity contribution < 1.29 is 9.13 Å². The molecule has 1 rings (SSSR count). The minimum absolute atomic E-state index is 0.00532. The van der Waals surface area contributed by atoms with Gasteiger partial charge in [0.25, 0.3) is 0 Å². The predicted molar refractivity (Wildman–Crippen MR) is 67.4 cm³/mol. The summed E-state index contributed by atoms with van der Waals surface area (Å²) < 4.78 is 18.8. The van der Waals surface area contributed by atoms with Crippen molar-refractivity contribution in [2.75, 3.05) is 14.2 Å². The van der Waals surface area contributed by atoms with Gasteiger partial charge in [0.15, 0.2) is 0 Å². The van der Waals surface area contributed by atoms with Crippen LogP contribution < -0.4 is 10.1 Å². The van der Waals surface area contributed by atoms with E-state index in [0.717, 1.165) is 19.3 Å². The second-order valence-corrected chi connectivity index (χ2v) is 3.83. The molecule has 0 aromatic heterocycles. The average Bonchev–Trinajstić information content (AvgIpc) is 2.35. The van der Waals surface area contributed by atoms with Crippen molar-refractivity contribution >= 4 is 0 Å². The molecule has 2 nitrogen and oxygen atoms in total. The maximum Gasteiger partial charge on any atom is 0.131 e. The first kappa shape index (κ1) is 13.5. The van der Waals surface area contributed by atoms with Gasteiger partial charge in [-0.3, -0.25) is 0 Å². The SMILES string of the molecule is C#CCCCC(NC)c1ccc(OC)cc1F. The van der Waals surface area contributed by atoms with Gasteiger partial charge in [0.2, 0.25) is 0 Å². The molecule has 0 spiro atoms. The summed E-state index contributed by atoms with van der Waals surface area (Å²) in [5.41, 5.74) is 0.658. The molecule has 0 fully saturated rings. The molecule has 1 atom stereocenters. The third kappa shape index (κ3) is 3.76. The lowest BCUT2D eigenvalue weighted by molar-refractivity contribution is 0.409. The van der Waals surface area contributed by atoms with Gasteiger partial charge in [0, 0.05) is 24.1 Å². The van der Waals surface area contributed by atoms with E-state index in [1.165, 1.54) is 13.2 Å². The Morgan fingerprint density at radius 3 is 2.82 bits per heavy atom. The number of rotatable bonds is 6. The lowest BCUT2D eigenvalue weighted by Gasteiger charge is -2.17. The van der Waals surface area contributed by atoms with Gasteiger partial charge in [0.05, 0.1) is 7.11 Å². The van der Waals surface area contributed by atoms with Gasteiger partial charge in [0.1, 0.15) is 11.6 Å². The molecular formula is C14H18FNO. The first-order chi connectivity index (χ1) is 8.22. The largest absolute Gasteiger partial charge is 0.497 e. The van der Waals surface area contributed by atoms with Crippen LogP contribution in [0.25, 0.3) is 0 Å². The minimum atomic E-state index is -0.246. The molecule has 0 saturated carbocycles. The Morgan fingerprint density at radius 1 is 1.53 bits per heavy atom. The van der Waals surface area contributed by atoms with Crippen molar-refractivity contribution in [2.45, 2.75) is 25.3 Å². The monoisotopic (exact) mass is 235 g/mol. The molecule has 0 heterocycles. The van der Waals surface area contributed by atoms with E-state index in [2.05, 4.69) is 11.2 Å². The number of benzene rings is 1. The summed E-state index contributed by atoms with van der Waals surface area (Å²) in [4.78, 5) is 0. The zero-order valence-electron chi connectivity index (χ0n) is 10.3. The summed E-state index contributed by atoms with van der Waals surface area (Å²) in [6.07, 6.45) is 7.63. The smallest absolute Gasteiger partial charge is 0.131 e. The van der Waals surface area contributed by atoms with Crippen LogP contribution in [0.3, 0.4) is 0 Å². The van der Waals surface area contributed by atoms with Crippen LogP contribution in [-0.2, 0) is 0 Å². The highest BCUT2D eigenvalue weighted by molar-refractivity contribution is 5.30. The van der Waals surface area contributed by atoms with Crippen molar-refractivity contribution in [3.8, 4) is 18.1 Å². The van der Waals surface area contributed by atoms with E-state index in [1.807, 2.05) is 7.05 Å². The van der Waals surface area contributed by atoms with E-state index in [1.54, 1.807) is 12.1 Å². The van der Waals surface area contributed by atoms with E-state index in [4.69, 9.17) is 11.2 Å². The Morgan fingerprint density at radius 2 is 2.29 bits per heavy atom. The molecule has 0 amide bonds. The fourth-order valence-electron chi connectivity index (χ4n) is 1.78. The maximum absolute atomic E-state index is 13.8. The topological polar surface area (TPSA) is 21.3 Å². The highest BCUT2D eigenvalue weighted by Crippen LogP contribution is 2.25. The number of hydrogen-bond acceptors (Lipinski definition) is 2. The van der Waals surface area contributed by atoms with Crippen LogP contribution in [-0.4, -0.2) is 14.2 Å². The van der Waals surface area contributed by atoms with E-state index >= 15 is 0 Å². The molecule has 0 aliphatic heterocycles. The van der Waals surface area contributed by atoms with Crippen molar-refractivity contribution in [3.63, 3.8) is 0 Å². The van der Waals surface area contributed by atoms with Crippen LogP contribution in [0.5, 0.6) is 5.75 Å². The number of terminal acetylenes is 1.